The summed E-state index contributed by atoms with van der Waals surface area (Å²) in [5.41, 5.74) is 10.6. The number of esters is 1. The number of aromatic nitrogens is 2. The minimum atomic E-state index is -0.270. The monoisotopic (exact) mass is 982 g/mol. The van der Waals surface area contributed by atoms with E-state index in [-0.39, 0.29) is 19.0 Å². The van der Waals surface area contributed by atoms with Gasteiger partial charge in [0, 0.05) is 43.6 Å². The van der Waals surface area contributed by atoms with Crippen molar-refractivity contribution < 1.29 is 14.3 Å². The van der Waals surface area contributed by atoms with Gasteiger partial charge >= 0.3 is 5.97 Å². The van der Waals surface area contributed by atoms with Gasteiger partial charge in [-0.25, -0.2) is 0 Å². The Bertz CT molecular complexity index is 2300. The Morgan fingerprint density at radius 3 is 1.98 bits per heavy atom. The molecule has 6 aromatic rings. The summed E-state index contributed by atoms with van der Waals surface area (Å²) in [4.78, 5) is 22.5. The topological polar surface area (TPSA) is 61.3 Å². The molecular weight excluding hydrogens is 948 g/mol. The van der Waals surface area contributed by atoms with Crippen LogP contribution in [0.1, 0.15) is 77.9 Å². The third-order valence-electron chi connectivity index (χ3n) is 9.12. The van der Waals surface area contributed by atoms with Gasteiger partial charge in [0.1, 0.15) is 12.4 Å². The van der Waals surface area contributed by atoms with Crippen LogP contribution in [-0.2, 0) is 41.8 Å². The first kappa shape index (κ1) is 39.9. The highest BCUT2D eigenvalue weighted by atomic mass is 79.9. The highest BCUT2D eigenvalue weighted by Gasteiger charge is 2.16. The summed E-state index contributed by atoms with van der Waals surface area (Å²) in [6, 6.07) is 22.6. The molecule has 0 N–H and O–H groups in total. The third-order valence-corrected chi connectivity index (χ3v) is 12.0. The Morgan fingerprint density at radius 2 is 1.32 bits per heavy atom. The Labute approximate surface area is 349 Å². The van der Waals surface area contributed by atoms with E-state index in [2.05, 4.69) is 122 Å². The molecule has 53 heavy (non-hydrogen) atoms. The SMILES string of the molecule is CCCc1cc(C)c2cc(Cc3c(Br)cc(COC(=O)CCc4cc(Br)c(Oc5cc(Cl)c6nc(CCC)cc(C)c6c5)c(Br)c4)cc3Br)ccc2n1. The van der Waals surface area contributed by atoms with Crippen molar-refractivity contribution in [2.75, 3.05) is 0 Å². The van der Waals surface area contributed by atoms with Crippen LogP contribution in [0.25, 0.3) is 21.8 Å². The van der Waals surface area contributed by atoms with Crippen molar-refractivity contribution in [2.24, 2.45) is 0 Å². The lowest BCUT2D eigenvalue weighted by Crippen LogP contribution is -2.06. The highest BCUT2D eigenvalue weighted by molar-refractivity contribution is 9.11. The van der Waals surface area contributed by atoms with Crippen LogP contribution in [0.4, 0.5) is 0 Å². The number of ether oxygens (including phenoxy) is 2. The van der Waals surface area contributed by atoms with Gasteiger partial charge < -0.3 is 9.47 Å². The van der Waals surface area contributed by atoms with Crippen LogP contribution in [0.2, 0.25) is 5.02 Å². The molecule has 4 aromatic carbocycles. The lowest BCUT2D eigenvalue weighted by molar-refractivity contribution is -0.144. The van der Waals surface area contributed by atoms with E-state index in [1.54, 1.807) is 6.07 Å². The van der Waals surface area contributed by atoms with Crippen molar-refractivity contribution in [2.45, 2.75) is 79.2 Å². The molecule has 2 aromatic heterocycles. The third kappa shape index (κ3) is 9.71. The van der Waals surface area contributed by atoms with Crippen molar-refractivity contribution in [1.29, 1.82) is 0 Å². The van der Waals surface area contributed by atoms with Crippen LogP contribution >= 0.6 is 75.3 Å². The fourth-order valence-electron chi connectivity index (χ4n) is 6.51. The second kappa shape index (κ2) is 17.8. The number of rotatable bonds is 13. The van der Waals surface area contributed by atoms with Gasteiger partial charge in [-0.05, 0) is 159 Å². The summed E-state index contributed by atoms with van der Waals surface area (Å²) in [7, 11) is 0. The van der Waals surface area contributed by atoms with E-state index in [0.717, 1.165) is 100 Å². The minimum Gasteiger partial charge on any atom is -0.461 e. The van der Waals surface area contributed by atoms with E-state index in [0.29, 0.717) is 22.9 Å². The van der Waals surface area contributed by atoms with E-state index in [4.69, 9.17) is 31.0 Å². The van der Waals surface area contributed by atoms with Crippen LogP contribution in [0.3, 0.4) is 0 Å². The number of benzene rings is 4. The normalized spacial score (nSPS) is 11.4. The molecule has 0 spiro atoms. The number of aryl methyl sites for hydroxylation is 5. The molecule has 0 radical (unpaired) electrons. The number of nitrogens with zero attached hydrogens (tertiary/aromatic N) is 2. The molecule has 274 valence electrons. The van der Waals surface area contributed by atoms with Crippen molar-refractivity contribution >= 4 is 103 Å². The first-order valence-electron chi connectivity index (χ1n) is 17.7. The van der Waals surface area contributed by atoms with Gasteiger partial charge in [0.2, 0.25) is 0 Å². The molecule has 5 nitrogen and oxygen atoms in total. The quantitative estimate of drug-likeness (QED) is 0.108. The second-order valence-corrected chi connectivity index (χ2v) is 17.2. The molecule has 2 heterocycles. The summed E-state index contributed by atoms with van der Waals surface area (Å²) in [6.07, 6.45) is 5.49. The van der Waals surface area contributed by atoms with Gasteiger partial charge in [-0.15, -0.1) is 0 Å². The molecule has 6 rings (SSSR count). The van der Waals surface area contributed by atoms with Crippen LogP contribution in [0.5, 0.6) is 11.5 Å². The molecule has 0 aliphatic carbocycles. The molecule has 0 bridgehead atoms. The summed E-state index contributed by atoms with van der Waals surface area (Å²) in [5.74, 6) is 0.961. The summed E-state index contributed by atoms with van der Waals surface area (Å²) in [5, 5.41) is 2.69. The van der Waals surface area contributed by atoms with Crippen molar-refractivity contribution in [3.05, 3.63) is 134 Å². The maximum atomic E-state index is 12.8. The van der Waals surface area contributed by atoms with Crippen LogP contribution in [0, 0.1) is 13.8 Å². The second-order valence-electron chi connectivity index (χ2n) is 13.4. The van der Waals surface area contributed by atoms with Crippen molar-refractivity contribution in [3.8, 4) is 11.5 Å². The predicted molar refractivity (Wildman–Crippen MR) is 231 cm³/mol. The Morgan fingerprint density at radius 1 is 0.698 bits per heavy atom. The van der Waals surface area contributed by atoms with Crippen LogP contribution < -0.4 is 4.74 Å². The zero-order chi connectivity index (χ0) is 37.8. The number of hydrogen-bond acceptors (Lipinski definition) is 5. The van der Waals surface area contributed by atoms with Crippen LogP contribution in [0.15, 0.2) is 84.6 Å². The van der Waals surface area contributed by atoms with E-state index < -0.39 is 0 Å². The first-order valence-corrected chi connectivity index (χ1v) is 21.2. The van der Waals surface area contributed by atoms with Gasteiger partial charge in [-0.3, -0.25) is 14.8 Å². The van der Waals surface area contributed by atoms with E-state index in [1.807, 2.05) is 30.3 Å². The van der Waals surface area contributed by atoms with Gasteiger partial charge in [-0.2, -0.15) is 0 Å². The van der Waals surface area contributed by atoms with Crippen molar-refractivity contribution in [3.63, 3.8) is 0 Å². The standard InChI is InChI=1S/C43H39Br4ClN2O3/c1-5-7-29-13-24(3)32-15-26(9-11-40(32)49-29)16-34-35(44)19-28(20-36(34)45)23-52-41(51)12-10-27-17-37(46)43(38(47)18-27)53-31-21-33-25(4)14-30(8-6-2)50-42(33)39(48)22-31/h9,11,13-15,17-22H,5-8,10,12,16,23H2,1-4H3. The number of hydrogen-bond donors (Lipinski definition) is 0. The first-order chi connectivity index (χ1) is 25.4. The highest BCUT2D eigenvalue weighted by Crippen LogP contribution is 2.40. The van der Waals surface area contributed by atoms with Gasteiger partial charge in [0.25, 0.3) is 0 Å². The Balaban J connectivity index is 1.06. The van der Waals surface area contributed by atoms with Gasteiger partial charge in [0.15, 0.2) is 5.75 Å². The molecule has 0 saturated carbocycles. The smallest absolute Gasteiger partial charge is 0.306 e. The van der Waals surface area contributed by atoms with Gasteiger partial charge in [-0.1, -0.05) is 76.2 Å². The molecule has 0 saturated heterocycles. The number of carbonyl (C=O) groups is 1. The number of fused-ring (bicyclic) bond motifs is 2. The molecular formula is C43H39Br4ClN2O3. The maximum Gasteiger partial charge on any atom is 0.306 e. The molecule has 10 heteroatoms. The largest absolute Gasteiger partial charge is 0.461 e. The van der Waals surface area contributed by atoms with Gasteiger partial charge in [0.05, 0.1) is 25.0 Å². The van der Waals surface area contributed by atoms with Crippen LogP contribution in [-0.4, -0.2) is 15.9 Å². The summed E-state index contributed by atoms with van der Waals surface area (Å²) in [6.45, 7) is 8.72. The van der Waals surface area contributed by atoms with E-state index in [9.17, 15) is 4.79 Å². The zero-order valence-electron chi connectivity index (χ0n) is 30.0. The van der Waals surface area contributed by atoms with E-state index >= 15 is 0 Å². The van der Waals surface area contributed by atoms with Crippen molar-refractivity contribution in [1.82, 2.24) is 9.97 Å². The number of pyridine rings is 2. The molecule has 0 fully saturated rings. The summed E-state index contributed by atoms with van der Waals surface area (Å²) >= 11 is 21.5. The van der Waals surface area contributed by atoms with E-state index in [1.165, 1.54) is 16.5 Å². The lowest BCUT2D eigenvalue weighted by Gasteiger charge is -2.14. The molecule has 0 aliphatic heterocycles. The molecule has 0 aliphatic rings. The maximum absolute atomic E-state index is 12.8. The molecule has 0 amide bonds. The predicted octanol–water partition coefficient (Wildman–Crippen LogP) is 14.1. The number of carbonyl (C=O) groups excluding carboxylic acids is 1. The number of halogens is 5. The fraction of sp³-hybridized carbons (Fsp3) is 0.279. The Hall–Kier alpha value is -2.82. The fourth-order valence-corrected chi connectivity index (χ4v) is 9.76. The summed E-state index contributed by atoms with van der Waals surface area (Å²) < 4.78 is 15.4. The lowest BCUT2D eigenvalue weighted by atomic mass is 9.99. The molecule has 0 atom stereocenters. The minimum absolute atomic E-state index is 0.181. The average molecular weight is 987 g/mol. The zero-order valence-corrected chi connectivity index (χ0v) is 37.1. The molecule has 0 unspecified atom stereocenters. The average Bonchev–Trinajstić information content (AvgIpc) is 3.10. The Kier molecular flexibility index (Phi) is 13.4.